The number of benzene rings is 3. The van der Waals surface area contributed by atoms with Crippen molar-refractivity contribution in [3.05, 3.63) is 110 Å². The number of hydrogen-bond acceptors (Lipinski definition) is 4. The smallest absolute Gasteiger partial charge is 0.229 e. The summed E-state index contributed by atoms with van der Waals surface area (Å²) in [6, 6.07) is 24.3. The molecule has 3 aromatic carbocycles. The number of carbonyl (C=O) groups is 1. The summed E-state index contributed by atoms with van der Waals surface area (Å²) >= 11 is 2.26. The Labute approximate surface area is 218 Å². The van der Waals surface area contributed by atoms with Crippen LogP contribution in [0.15, 0.2) is 72.8 Å². The molecule has 2 N–H and O–H groups in total. The summed E-state index contributed by atoms with van der Waals surface area (Å²) < 4.78 is 1.14. The summed E-state index contributed by atoms with van der Waals surface area (Å²) in [5.41, 5.74) is 7.92. The van der Waals surface area contributed by atoms with E-state index in [1.807, 2.05) is 54.6 Å². The van der Waals surface area contributed by atoms with Crippen molar-refractivity contribution in [2.75, 3.05) is 5.32 Å². The van der Waals surface area contributed by atoms with Crippen LogP contribution < -0.4 is 5.32 Å². The molecule has 5 rings (SSSR count). The Bertz CT molecular complexity index is 1350. The molecule has 0 fully saturated rings. The van der Waals surface area contributed by atoms with E-state index >= 15 is 0 Å². The molecule has 176 valence electrons. The molecule has 0 bridgehead atoms. The van der Waals surface area contributed by atoms with Crippen LogP contribution in [0.5, 0.6) is 0 Å². The van der Waals surface area contributed by atoms with E-state index in [4.69, 9.17) is 9.97 Å². The second-order valence-corrected chi connectivity index (χ2v) is 10.0. The van der Waals surface area contributed by atoms with E-state index in [0.29, 0.717) is 18.7 Å². The summed E-state index contributed by atoms with van der Waals surface area (Å²) in [5.74, 6) is 0.468. The predicted octanol–water partition coefficient (Wildman–Crippen LogP) is 5.31. The highest BCUT2D eigenvalue weighted by molar-refractivity contribution is 14.1. The number of amides is 1. The van der Waals surface area contributed by atoms with Gasteiger partial charge in [-0.05, 0) is 82.7 Å². The molecule has 0 atom stereocenters. The maximum absolute atomic E-state index is 12.9. The Morgan fingerprint density at radius 3 is 2.43 bits per heavy atom. The van der Waals surface area contributed by atoms with Crippen molar-refractivity contribution in [3.8, 4) is 11.3 Å². The number of fused-ring (bicyclic) bond motifs is 3. The fourth-order valence-corrected chi connectivity index (χ4v) is 4.84. The number of rotatable bonds is 7. The van der Waals surface area contributed by atoms with E-state index in [0.717, 1.165) is 56.6 Å². The summed E-state index contributed by atoms with van der Waals surface area (Å²) in [6.45, 7) is 0.0275. The molecule has 0 saturated heterocycles. The molecule has 6 heteroatoms. The molecule has 1 heterocycles. The Balaban J connectivity index is 1.46. The van der Waals surface area contributed by atoms with Gasteiger partial charge in [-0.3, -0.25) is 4.79 Å². The van der Waals surface area contributed by atoms with Crippen molar-refractivity contribution >= 4 is 34.3 Å². The molecule has 1 aliphatic carbocycles. The summed E-state index contributed by atoms with van der Waals surface area (Å²) in [5, 5.41) is 12.6. The largest absolute Gasteiger partial charge is 0.392 e. The van der Waals surface area contributed by atoms with E-state index in [2.05, 4.69) is 46.1 Å². The fourth-order valence-electron chi connectivity index (χ4n) is 4.48. The van der Waals surface area contributed by atoms with Gasteiger partial charge in [-0.25, -0.2) is 9.97 Å². The molecule has 5 nitrogen and oxygen atoms in total. The van der Waals surface area contributed by atoms with Crippen LogP contribution in [-0.4, -0.2) is 21.0 Å². The van der Waals surface area contributed by atoms with Gasteiger partial charge in [-0.1, -0.05) is 60.7 Å². The number of nitrogens with one attached hydrogen (secondary N) is 1. The summed E-state index contributed by atoms with van der Waals surface area (Å²) in [4.78, 5) is 22.9. The highest BCUT2D eigenvalue weighted by Crippen LogP contribution is 2.33. The minimum Gasteiger partial charge on any atom is -0.392 e. The Kier molecular flexibility index (Phi) is 7.20. The topological polar surface area (TPSA) is 75.1 Å². The van der Waals surface area contributed by atoms with Gasteiger partial charge in [-0.15, -0.1) is 0 Å². The van der Waals surface area contributed by atoms with Crippen LogP contribution in [0.3, 0.4) is 0 Å². The standard InChI is InChI=1S/C29H26IN3O2/c30-23-11-6-20(7-12-23)17-27(35)33-29-26(14-9-19-4-2-1-3-5-19)31-28-24-13-8-21(18-34)16-22(24)10-15-25(28)32-29/h1-8,11-13,16,34H,9-10,14-15,17-18H2,(H,32,33,35). The third-order valence-corrected chi connectivity index (χ3v) is 7.03. The van der Waals surface area contributed by atoms with Crippen molar-refractivity contribution in [2.45, 2.75) is 38.7 Å². The maximum atomic E-state index is 12.9. The van der Waals surface area contributed by atoms with Crippen LogP contribution in [0.4, 0.5) is 5.82 Å². The van der Waals surface area contributed by atoms with Gasteiger partial charge in [0, 0.05) is 9.13 Å². The zero-order chi connectivity index (χ0) is 24.2. The average molecular weight is 575 g/mol. The molecular formula is C29H26IN3O2. The van der Waals surface area contributed by atoms with Crippen LogP contribution >= 0.6 is 22.6 Å². The van der Waals surface area contributed by atoms with Gasteiger partial charge < -0.3 is 10.4 Å². The number of aromatic nitrogens is 2. The zero-order valence-corrected chi connectivity index (χ0v) is 21.5. The molecule has 4 aromatic rings. The molecular weight excluding hydrogens is 549 g/mol. The SMILES string of the molecule is O=C(Cc1ccc(I)cc1)Nc1nc2c(nc1CCc1ccccc1)-c1ccc(CO)cc1CC2. The molecule has 0 spiro atoms. The van der Waals surface area contributed by atoms with Gasteiger partial charge in [0.15, 0.2) is 5.82 Å². The van der Waals surface area contributed by atoms with Gasteiger partial charge >= 0.3 is 0 Å². The molecule has 0 aliphatic heterocycles. The van der Waals surface area contributed by atoms with E-state index in [1.54, 1.807) is 0 Å². The normalized spacial score (nSPS) is 12.1. The zero-order valence-electron chi connectivity index (χ0n) is 19.3. The Morgan fingerprint density at radius 1 is 0.886 bits per heavy atom. The van der Waals surface area contributed by atoms with Crippen molar-refractivity contribution in [1.82, 2.24) is 9.97 Å². The lowest BCUT2D eigenvalue weighted by Crippen LogP contribution is -2.20. The van der Waals surface area contributed by atoms with Gasteiger partial charge in [0.1, 0.15) is 0 Å². The minimum absolute atomic E-state index is 0.0275. The van der Waals surface area contributed by atoms with Gasteiger partial charge in [0.05, 0.1) is 30.1 Å². The molecule has 0 unspecified atom stereocenters. The molecule has 35 heavy (non-hydrogen) atoms. The number of anilines is 1. The first kappa shape index (κ1) is 23.6. The number of aliphatic hydroxyl groups is 1. The average Bonchev–Trinajstić information content (AvgIpc) is 2.89. The number of halogens is 1. The third kappa shape index (κ3) is 5.60. The lowest BCUT2D eigenvalue weighted by atomic mass is 9.90. The van der Waals surface area contributed by atoms with Crippen LogP contribution in [0.25, 0.3) is 11.3 Å². The molecule has 1 amide bonds. The number of carbonyl (C=O) groups excluding carboxylic acids is 1. The molecule has 0 radical (unpaired) electrons. The van der Waals surface area contributed by atoms with Gasteiger partial charge in [0.2, 0.25) is 5.91 Å². The lowest BCUT2D eigenvalue weighted by molar-refractivity contribution is -0.115. The van der Waals surface area contributed by atoms with E-state index in [-0.39, 0.29) is 12.5 Å². The van der Waals surface area contributed by atoms with Gasteiger partial charge in [0.25, 0.3) is 0 Å². The number of aryl methyl sites for hydroxylation is 4. The third-order valence-electron chi connectivity index (χ3n) is 6.31. The highest BCUT2D eigenvalue weighted by atomic mass is 127. The quantitative estimate of drug-likeness (QED) is 0.293. The van der Waals surface area contributed by atoms with Crippen LogP contribution in [-0.2, 0) is 43.5 Å². The van der Waals surface area contributed by atoms with E-state index in [9.17, 15) is 9.90 Å². The summed E-state index contributed by atoms with van der Waals surface area (Å²) in [7, 11) is 0. The first-order chi connectivity index (χ1) is 17.1. The Hall–Kier alpha value is -3.10. The van der Waals surface area contributed by atoms with Gasteiger partial charge in [-0.2, -0.15) is 0 Å². The first-order valence-electron chi connectivity index (χ1n) is 11.8. The fraction of sp³-hybridized carbons (Fsp3) is 0.207. The highest BCUT2D eigenvalue weighted by Gasteiger charge is 2.22. The maximum Gasteiger partial charge on any atom is 0.229 e. The minimum atomic E-state index is -0.0924. The molecule has 1 aromatic heterocycles. The monoisotopic (exact) mass is 575 g/mol. The summed E-state index contributed by atoms with van der Waals surface area (Å²) in [6.07, 6.45) is 3.37. The van der Waals surface area contributed by atoms with Crippen molar-refractivity contribution in [1.29, 1.82) is 0 Å². The second-order valence-electron chi connectivity index (χ2n) is 8.80. The van der Waals surface area contributed by atoms with Crippen LogP contribution in [0.2, 0.25) is 0 Å². The van der Waals surface area contributed by atoms with Crippen LogP contribution in [0.1, 0.15) is 33.6 Å². The van der Waals surface area contributed by atoms with Crippen molar-refractivity contribution in [3.63, 3.8) is 0 Å². The second kappa shape index (κ2) is 10.7. The number of hydrogen-bond donors (Lipinski definition) is 2. The Morgan fingerprint density at radius 2 is 1.66 bits per heavy atom. The number of aliphatic hydroxyl groups excluding tert-OH is 1. The van der Waals surface area contributed by atoms with E-state index < -0.39 is 0 Å². The molecule has 0 saturated carbocycles. The van der Waals surface area contributed by atoms with E-state index in [1.165, 1.54) is 11.1 Å². The lowest BCUT2D eigenvalue weighted by Gasteiger charge is -2.21. The first-order valence-corrected chi connectivity index (χ1v) is 12.9. The van der Waals surface area contributed by atoms with Crippen LogP contribution in [0, 0.1) is 3.57 Å². The van der Waals surface area contributed by atoms with Crippen molar-refractivity contribution in [2.24, 2.45) is 0 Å². The van der Waals surface area contributed by atoms with Crippen molar-refractivity contribution < 1.29 is 9.90 Å². The molecule has 1 aliphatic rings. The predicted molar refractivity (Wildman–Crippen MR) is 146 cm³/mol. The number of nitrogens with zero attached hydrogens (tertiary/aromatic N) is 2.